The Bertz CT molecular complexity index is 718. The van der Waals surface area contributed by atoms with Crippen LogP contribution < -0.4 is 20.1 Å². The van der Waals surface area contributed by atoms with Crippen molar-refractivity contribution in [3.63, 3.8) is 0 Å². The number of aliphatic imine (C=N–C) groups is 1. The minimum atomic E-state index is -0.0506. The Morgan fingerprint density at radius 1 is 1.23 bits per heavy atom. The van der Waals surface area contributed by atoms with E-state index in [0.717, 1.165) is 24.0 Å². The lowest BCUT2D eigenvalue weighted by molar-refractivity contribution is 0.0936. The average Bonchev–Trinajstić information content (AvgIpc) is 3.18. The molecule has 0 amide bonds. The standard InChI is InChI=1S/C19H26N4O2S/c1-20-19(22-12-15(23(2)3)18-9-6-10-26-18)21-11-14-13-24-16-7-4-5-8-17(16)25-14/h4-10,14-15H,11-13H2,1-3H3,(H2,20,21,22). The topological polar surface area (TPSA) is 58.1 Å². The van der Waals surface area contributed by atoms with E-state index in [-0.39, 0.29) is 6.10 Å². The molecule has 2 N–H and O–H groups in total. The summed E-state index contributed by atoms with van der Waals surface area (Å²) in [5.41, 5.74) is 0. The first-order chi connectivity index (χ1) is 12.7. The zero-order valence-electron chi connectivity index (χ0n) is 15.4. The van der Waals surface area contributed by atoms with Crippen LogP contribution in [0.25, 0.3) is 0 Å². The molecule has 2 heterocycles. The van der Waals surface area contributed by atoms with Crippen LogP contribution in [0.4, 0.5) is 0 Å². The van der Waals surface area contributed by atoms with E-state index in [4.69, 9.17) is 9.47 Å². The van der Waals surface area contributed by atoms with Crippen molar-refractivity contribution in [2.45, 2.75) is 12.1 Å². The van der Waals surface area contributed by atoms with Crippen LogP contribution in [0, 0.1) is 0 Å². The molecule has 0 aliphatic carbocycles. The van der Waals surface area contributed by atoms with Gasteiger partial charge in [0.25, 0.3) is 0 Å². The zero-order chi connectivity index (χ0) is 18.4. The summed E-state index contributed by atoms with van der Waals surface area (Å²) < 4.78 is 11.7. The van der Waals surface area contributed by atoms with E-state index in [1.54, 1.807) is 18.4 Å². The summed E-state index contributed by atoms with van der Waals surface area (Å²) in [7, 11) is 5.96. The molecule has 1 aromatic heterocycles. The van der Waals surface area contributed by atoms with Crippen LogP contribution in [0.2, 0.25) is 0 Å². The summed E-state index contributed by atoms with van der Waals surface area (Å²) in [6.45, 7) is 1.92. The highest BCUT2D eigenvalue weighted by Gasteiger charge is 2.21. The van der Waals surface area contributed by atoms with Crippen LogP contribution in [0.3, 0.4) is 0 Å². The molecule has 0 radical (unpaired) electrons. The fourth-order valence-corrected chi connectivity index (χ4v) is 3.73. The number of likely N-dealkylation sites (N-methyl/N-ethyl adjacent to an activating group) is 1. The molecule has 2 aromatic rings. The van der Waals surface area contributed by atoms with Gasteiger partial charge in [-0.25, -0.2) is 0 Å². The monoisotopic (exact) mass is 374 g/mol. The van der Waals surface area contributed by atoms with Gasteiger partial charge in [0.1, 0.15) is 12.7 Å². The number of guanidine groups is 1. The molecule has 6 nitrogen and oxygen atoms in total. The van der Waals surface area contributed by atoms with Crippen molar-refractivity contribution in [2.75, 3.05) is 40.8 Å². The maximum absolute atomic E-state index is 5.97. The number of hydrogen-bond donors (Lipinski definition) is 2. The van der Waals surface area contributed by atoms with E-state index in [1.807, 2.05) is 24.3 Å². The number of ether oxygens (including phenoxy) is 2. The SMILES string of the molecule is CN=C(NCC1COc2ccccc2O1)NCC(c1cccs1)N(C)C. The van der Waals surface area contributed by atoms with Gasteiger partial charge >= 0.3 is 0 Å². The van der Waals surface area contributed by atoms with Crippen LogP contribution in [-0.4, -0.2) is 57.8 Å². The molecule has 7 heteroatoms. The van der Waals surface area contributed by atoms with Crippen LogP contribution in [-0.2, 0) is 0 Å². The Morgan fingerprint density at radius 2 is 2.04 bits per heavy atom. The molecule has 1 aliphatic heterocycles. The quantitative estimate of drug-likeness (QED) is 0.600. The minimum Gasteiger partial charge on any atom is -0.486 e. The summed E-state index contributed by atoms with van der Waals surface area (Å²) in [6, 6.07) is 12.3. The lowest BCUT2D eigenvalue weighted by atomic mass is 10.2. The third-order valence-corrected chi connectivity index (χ3v) is 5.22. The predicted molar refractivity (Wildman–Crippen MR) is 106 cm³/mol. The second kappa shape index (κ2) is 8.91. The molecule has 0 spiro atoms. The number of rotatable bonds is 6. The third-order valence-electron chi connectivity index (χ3n) is 4.25. The Balaban J connectivity index is 1.49. The van der Waals surface area contributed by atoms with Gasteiger partial charge in [-0.05, 0) is 37.7 Å². The first-order valence-corrected chi connectivity index (χ1v) is 9.58. The largest absolute Gasteiger partial charge is 0.486 e. The van der Waals surface area contributed by atoms with Crippen molar-refractivity contribution in [2.24, 2.45) is 4.99 Å². The third kappa shape index (κ3) is 4.68. The number of nitrogens with zero attached hydrogens (tertiary/aromatic N) is 2. The number of fused-ring (bicyclic) bond motifs is 1. The molecule has 0 saturated carbocycles. The van der Waals surface area contributed by atoms with E-state index in [1.165, 1.54) is 4.88 Å². The molecule has 3 rings (SSSR count). The molecule has 0 saturated heterocycles. The van der Waals surface area contributed by atoms with Crippen molar-refractivity contribution < 1.29 is 9.47 Å². The predicted octanol–water partition coefficient (Wildman–Crippen LogP) is 2.36. The van der Waals surface area contributed by atoms with Gasteiger partial charge in [-0.15, -0.1) is 11.3 Å². The molecular formula is C19H26N4O2S. The summed E-state index contributed by atoms with van der Waals surface area (Å²) in [5, 5.41) is 8.84. The van der Waals surface area contributed by atoms with Gasteiger partial charge in [0.2, 0.25) is 0 Å². The number of benzene rings is 1. The van der Waals surface area contributed by atoms with Gasteiger partial charge in [-0.2, -0.15) is 0 Å². The van der Waals surface area contributed by atoms with Crippen LogP contribution in [0.5, 0.6) is 11.5 Å². The van der Waals surface area contributed by atoms with Crippen LogP contribution >= 0.6 is 11.3 Å². The molecule has 1 aliphatic rings. The maximum atomic E-state index is 5.97. The highest BCUT2D eigenvalue weighted by molar-refractivity contribution is 7.10. The zero-order valence-corrected chi connectivity index (χ0v) is 16.3. The molecule has 0 bridgehead atoms. The van der Waals surface area contributed by atoms with Gasteiger partial charge in [0.15, 0.2) is 17.5 Å². The maximum Gasteiger partial charge on any atom is 0.191 e. The van der Waals surface area contributed by atoms with Crippen molar-refractivity contribution in [3.8, 4) is 11.5 Å². The fourth-order valence-electron chi connectivity index (χ4n) is 2.81. The lowest BCUT2D eigenvalue weighted by Crippen LogP contribution is -2.47. The van der Waals surface area contributed by atoms with Crippen molar-refractivity contribution in [1.82, 2.24) is 15.5 Å². The van der Waals surface area contributed by atoms with E-state index < -0.39 is 0 Å². The molecule has 26 heavy (non-hydrogen) atoms. The van der Waals surface area contributed by atoms with Crippen molar-refractivity contribution in [1.29, 1.82) is 0 Å². The smallest absolute Gasteiger partial charge is 0.191 e. The summed E-state index contributed by atoms with van der Waals surface area (Å²) in [4.78, 5) is 7.85. The molecule has 0 fully saturated rings. The van der Waals surface area contributed by atoms with Crippen LogP contribution in [0.1, 0.15) is 10.9 Å². The first kappa shape index (κ1) is 18.5. The fraction of sp³-hybridized carbons (Fsp3) is 0.421. The van der Waals surface area contributed by atoms with E-state index in [9.17, 15) is 0 Å². The number of nitrogens with one attached hydrogen (secondary N) is 2. The average molecular weight is 375 g/mol. The van der Waals surface area contributed by atoms with Crippen LogP contribution in [0.15, 0.2) is 46.8 Å². The Labute approximate surface area is 158 Å². The first-order valence-electron chi connectivity index (χ1n) is 8.70. The lowest BCUT2D eigenvalue weighted by Gasteiger charge is -2.28. The van der Waals surface area contributed by atoms with E-state index in [2.05, 4.69) is 52.1 Å². The summed E-state index contributed by atoms with van der Waals surface area (Å²) >= 11 is 1.77. The highest BCUT2D eigenvalue weighted by Crippen LogP contribution is 2.30. The second-order valence-corrected chi connectivity index (χ2v) is 7.31. The summed E-state index contributed by atoms with van der Waals surface area (Å²) in [5.74, 6) is 2.35. The van der Waals surface area contributed by atoms with E-state index in [0.29, 0.717) is 19.2 Å². The van der Waals surface area contributed by atoms with Gasteiger partial charge < -0.3 is 25.0 Å². The highest BCUT2D eigenvalue weighted by atomic mass is 32.1. The molecule has 2 unspecified atom stereocenters. The van der Waals surface area contributed by atoms with Gasteiger partial charge in [-0.1, -0.05) is 18.2 Å². The molecule has 1 aromatic carbocycles. The minimum absolute atomic E-state index is 0.0506. The van der Waals surface area contributed by atoms with E-state index >= 15 is 0 Å². The Kier molecular flexibility index (Phi) is 6.35. The number of para-hydroxylation sites is 2. The Hall–Kier alpha value is -2.25. The Morgan fingerprint density at radius 3 is 2.73 bits per heavy atom. The normalized spacial score (nSPS) is 17.8. The molecule has 2 atom stereocenters. The number of thiophene rings is 1. The van der Waals surface area contributed by atoms with Gasteiger partial charge in [0.05, 0.1) is 12.6 Å². The van der Waals surface area contributed by atoms with Gasteiger partial charge in [0, 0.05) is 18.5 Å². The van der Waals surface area contributed by atoms with Crippen molar-refractivity contribution in [3.05, 3.63) is 46.7 Å². The van der Waals surface area contributed by atoms with Crippen molar-refractivity contribution >= 4 is 17.3 Å². The second-order valence-electron chi connectivity index (χ2n) is 6.33. The molecular weight excluding hydrogens is 348 g/mol. The van der Waals surface area contributed by atoms with Gasteiger partial charge in [-0.3, -0.25) is 4.99 Å². The molecule has 140 valence electrons. The summed E-state index contributed by atoms with van der Waals surface area (Å²) in [6.07, 6.45) is -0.0506. The number of hydrogen-bond acceptors (Lipinski definition) is 5.